The molecule has 0 saturated carbocycles. The van der Waals surface area contributed by atoms with E-state index in [1.165, 1.54) is 103 Å². The zero-order valence-electron chi connectivity index (χ0n) is 24.6. The summed E-state index contributed by atoms with van der Waals surface area (Å²) in [6.07, 6.45) is 24.4. The van der Waals surface area contributed by atoms with Crippen molar-refractivity contribution >= 4 is 13.8 Å². The number of unbranched alkanes of at least 4 members (excludes halogenated alkanes) is 18. The van der Waals surface area contributed by atoms with Gasteiger partial charge in [0.2, 0.25) is 0 Å². The molecule has 0 bridgehead atoms. The first-order valence-electron chi connectivity index (χ1n) is 15.3. The molecule has 0 atom stereocenters. The maximum absolute atomic E-state index is 13.1. The minimum absolute atomic E-state index is 0.0150. The summed E-state index contributed by atoms with van der Waals surface area (Å²) >= 11 is 0. The van der Waals surface area contributed by atoms with Crippen LogP contribution in [0.25, 0.3) is 0 Å². The van der Waals surface area contributed by atoms with Crippen LogP contribution in [0.2, 0.25) is 0 Å². The van der Waals surface area contributed by atoms with Crippen LogP contribution in [0.15, 0.2) is 12.2 Å². The molecule has 0 aliphatic heterocycles. The highest BCUT2D eigenvalue weighted by Gasteiger charge is 2.26. The Balaban J connectivity index is 4.11. The maximum atomic E-state index is 13.1. The van der Waals surface area contributed by atoms with Crippen molar-refractivity contribution in [1.29, 1.82) is 0 Å². The van der Waals surface area contributed by atoms with Crippen LogP contribution in [-0.2, 0) is 27.7 Å². The standard InChI is InChI=1S/C30H59O6P/c1-5-7-9-11-13-15-17-19-21-23-25-34-37(32,36-28-27-33-30(31)29(3)4)35-26-24-22-20-18-16-14-12-10-8-6-2/h3,5-28H2,1-2,4H3. The molecule has 0 radical (unpaired) electrons. The van der Waals surface area contributed by atoms with E-state index in [9.17, 15) is 9.36 Å². The number of carbonyl (C=O) groups is 1. The van der Waals surface area contributed by atoms with Gasteiger partial charge in [0, 0.05) is 5.57 Å². The molecule has 0 aliphatic rings. The molecule has 0 spiro atoms. The smallest absolute Gasteiger partial charge is 0.460 e. The number of esters is 1. The predicted molar refractivity (Wildman–Crippen MR) is 155 cm³/mol. The van der Waals surface area contributed by atoms with Crippen LogP contribution in [0, 0.1) is 0 Å². The van der Waals surface area contributed by atoms with E-state index in [2.05, 4.69) is 20.4 Å². The first-order valence-corrected chi connectivity index (χ1v) is 16.8. The largest absolute Gasteiger partial charge is 0.474 e. The lowest BCUT2D eigenvalue weighted by molar-refractivity contribution is -0.139. The first kappa shape index (κ1) is 36.3. The second-order valence-electron chi connectivity index (χ2n) is 10.2. The van der Waals surface area contributed by atoms with Crippen molar-refractivity contribution in [2.24, 2.45) is 0 Å². The van der Waals surface area contributed by atoms with Gasteiger partial charge in [-0.3, -0.25) is 13.6 Å². The molecule has 220 valence electrons. The van der Waals surface area contributed by atoms with Gasteiger partial charge >= 0.3 is 13.8 Å². The van der Waals surface area contributed by atoms with Crippen molar-refractivity contribution in [2.45, 2.75) is 149 Å². The molecule has 0 heterocycles. The molecule has 0 saturated heterocycles. The van der Waals surface area contributed by atoms with Crippen LogP contribution in [-0.4, -0.2) is 32.4 Å². The van der Waals surface area contributed by atoms with Crippen LogP contribution in [0.4, 0.5) is 0 Å². The molecule has 0 rings (SSSR count). The topological polar surface area (TPSA) is 71.1 Å². The third kappa shape index (κ3) is 25.4. The Hall–Kier alpha value is -0.680. The average molecular weight is 547 g/mol. The van der Waals surface area contributed by atoms with Crippen molar-refractivity contribution in [3.8, 4) is 0 Å². The van der Waals surface area contributed by atoms with E-state index in [0.717, 1.165) is 25.7 Å². The highest BCUT2D eigenvalue weighted by molar-refractivity contribution is 7.48. The Morgan fingerprint density at radius 3 is 1.22 bits per heavy atom. The van der Waals surface area contributed by atoms with Crippen molar-refractivity contribution in [3.63, 3.8) is 0 Å². The second-order valence-corrected chi connectivity index (χ2v) is 11.9. The monoisotopic (exact) mass is 546 g/mol. The van der Waals surface area contributed by atoms with E-state index >= 15 is 0 Å². The third-order valence-electron chi connectivity index (χ3n) is 6.41. The van der Waals surface area contributed by atoms with Crippen molar-refractivity contribution in [3.05, 3.63) is 12.2 Å². The third-order valence-corrected chi connectivity index (χ3v) is 7.91. The van der Waals surface area contributed by atoms with E-state index < -0.39 is 13.8 Å². The van der Waals surface area contributed by atoms with E-state index in [-0.39, 0.29) is 13.2 Å². The molecule has 0 amide bonds. The Bertz CT molecular complexity index is 550. The predicted octanol–water partition coefficient (Wildman–Crippen LogP) is 10.1. The van der Waals surface area contributed by atoms with Gasteiger partial charge in [-0.1, -0.05) is 136 Å². The quantitative estimate of drug-likeness (QED) is 0.0402. The summed E-state index contributed by atoms with van der Waals surface area (Å²) in [4.78, 5) is 11.5. The molecule has 0 unspecified atom stereocenters. The Labute approximate surface area is 229 Å². The van der Waals surface area contributed by atoms with Crippen LogP contribution < -0.4 is 0 Å². The lowest BCUT2D eigenvalue weighted by Gasteiger charge is -2.18. The van der Waals surface area contributed by atoms with Crippen LogP contribution in [0.3, 0.4) is 0 Å². The Kier molecular flexibility index (Phi) is 26.4. The molecule has 0 aromatic heterocycles. The summed E-state index contributed by atoms with van der Waals surface area (Å²) in [6, 6.07) is 0. The molecule has 0 aliphatic carbocycles. The number of phosphoric acid groups is 1. The number of ether oxygens (including phenoxy) is 1. The van der Waals surface area contributed by atoms with Gasteiger partial charge in [-0.05, 0) is 19.8 Å². The number of carbonyl (C=O) groups excluding carboxylic acids is 1. The van der Waals surface area contributed by atoms with Gasteiger partial charge in [0.15, 0.2) is 0 Å². The fraction of sp³-hybridized carbons (Fsp3) is 0.900. The van der Waals surface area contributed by atoms with Crippen LogP contribution in [0.5, 0.6) is 0 Å². The second kappa shape index (κ2) is 26.9. The minimum atomic E-state index is -3.67. The van der Waals surface area contributed by atoms with Gasteiger partial charge in [-0.2, -0.15) is 0 Å². The minimum Gasteiger partial charge on any atom is -0.460 e. The lowest BCUT2D eigenvalue weighted by atomic mass is 10.1. The summed E-state index contributed by atoms with van der Waals surface area (Å²) in [5.41, 5.74) is 0.317. The summed E-state index contributed by atoms with van der Waals surface area (Å²) in [5, 5.41) is 0. The molecular formula is C30H59O6P. The fourth-order valence-corrected chi connectivity index (χ4v) is 5.28. The summed E-state index contributed by atoms with van der Waals surface area (Å²) in [6.45, 7) is 10.3. The fourth-order valence-electron chi connectivity index (χ4n) is 4.05. The van der Waals surface area contributed by atoms with Gasteiger partial charge in [-0.25, -0.2) is 9.36 Å². The Morgan fingerprint density at radius 1 is 0.541 bits per heavy atom. The molecule has 0 aromatic carbocycles. The van der Waals surface area contributed by atoms with Crippen molar-refractivity contribution in [1.82, 2.24) is 0 Å². The van der Waals surface area contributed by atoms with Gasteiger partial charge in [0.25, 0.3) is 0 Å². The molecule has 0 fully saturated rings. The van der Waals surface area contributed by atoms with Crippen molar-refractivity contribution < 1.29 is 27.7 Å². The average Bonchev–Trinajstić information content (AvgIpc) is 2.88. The van der Waals surface area contributed by atoms with E-state index in [1.54, 1.807) is 6.92 Å². The molecule has 37 heavy (non-hydrogen) atoms. The first-order chi connectivity index (χ1) is 17.9. The number of phosphoric ester groups is 1. The maximum Gasteiger partial charge on any atom is 0.474 e. The zero-order chi connectivity index (χ0) is 27.5. The van der Waals surface area contributed by atoms with E-state index in [0.29, 0.717) is 18.8 Å². The summed E-state index contributed by atoms with van der Waals surface area (Å²) in [5.74, 6) is -0.490. The molecule has 7 heteroatoms. The summed E-state index contributed by atoms with van der Waals surface area (Å²) < 4.78 is 34.8. The number of rotatable bonds is 29. The molecular weight excluding hydrogens is 487 g/mol. The highest BCUT2D eigenvalue weighted by Crippen LogP contribution is 2.49. The van der Waals surface area contributed by atoms with Gasteiger partial charge in [0.05, 0.1) is 19.8 Å². The summed E-state index contributed by atoms with van der Waals surface area (Å²) in [7, 11) is -3.67. The van der Waals surface area contributed by atoms with Crippen LogP contribution >= 0.6 is 7.82 Å². The Morgan fingerprint density at radius 2 is 0.865 bits per heavy atom. The van der Waals surface area contributed by atoms with Gasteiger partial charge in [0.1, 0.15) is 6.61 Å². The SMILES string of the molecule is C=C(C)C(=O)OCCOP(=O)(OCCCCCCCCCCCC)OCCCCCCCCCCCC. The molecule has 6 nitrogen and oxygen atoms in total. The number of hydrogen-bond donors (Lipinski definition) is 0. The molecule has 0 aromatic rings. The highest BCUT2D eigenvalue weighted by atomic mass is 31.2. The van der Waals surface area contributed by atoms with E-state index in [4.69, 9.17) is 18.3 Å². The van der Waals surface area contributed by atoms with Gasteiger partial charge in [-0.15, -0.1) is 0 Å². The zero-order valence-corrected chi connectivity index (χ0v) is 25.5. The molecule has 0 N–H and O–H groups in total. The van der Waals surface area contributed by atoms with E-state index in [1.807, 2.05) is 0 Å². The van der Waals surface area contributed by atoms with Crippen LogP contribution in [0.1, 0.15) is 149 Å². The number of hydrogen-bond acceptors (Lipinski definition) is 6. The normalized spacial score (nSPS) is 11.6. The van der Waals surface area contributed by atoms with Crippen molar-refractivity contribution in [2.75, 3.05) is 26.4 Å². The lowest BCUT2D eigenvalue weighted by Crippen LogP contribution is -2.12. The van der Waals surface area contributed by atoms with Gasteiger partial charge < -0.3 is 4.74 Å².